The molecule has 1 aromatic carbocycles. The predicted molar refractivity (Wildman–Crippen MR) is 160 cm³/mol. The first-order chi connectivity index (χ1) is 20.9. The summed E-state index contributed by atoms with van der Waals surface area (Å²) in [5.41, 5.74) is 4.95. The summed E-state index contributed by atoms with van der Waals surface area (Å²) in [4.78, 5) is 51.6. The number of anilines is 2. The number of nitrogens with zero attached hydrogens (tertiary/aromatic N) is 6. The van der Waals surface area contributed by atoms with Gasteiger partial charge in [0.2, 0.25) is 11.9 Å². The second-order valence-electron chi connectivity index (χ2n) is 11.2. The van der Waals surface area contributed by atoms with E-state index in [1.54, 1.807) is 0 Å². The molecule has 230 valence electrons. The van der Waals surface area contributed by atoms with Gasteiger partial charge in [0.25, 0.3) is 11.5 Å². The van der Waals surface area contributed by atoms with Gasteiger partial charge in [-0.3, -0.25) is 19.0 Å². The van der Waals surface area contributed by atoms with Crippen LogP contribution in [0, 0.1) is 11.8 Å². The van der Waals surface area contributed by atoms with Crippen LogP contribution in [0.3, 0.4) is 0 Å². The van der Waals surface area contributed by atoms with Crippen molar-refractivity contribution >= 4 is 46.0 Å². The van der Waals surface area contributed by atoms with Crippen molar-refractivity contribution in [2.45, 2.75) is 38.9 Å². The minimum Gasteiger partial charge on any atom is -0.504 e. The molecule has 0 bridgehead atoms. The van der Waals surface area contributed by atoms with E-state index in [-0.39, 0.29) is 45.5 Å². The number of piperazine rings is 1. The summed E-state index contributed by atoms with van der Waals surface area (Å²) in [5.74, 6) is -3.74. The fourth-order valence-corrected chi connectivity index (χ4v) is 6.10. The SMILES string of the molecule is CC1CN(C)CCN1c1cc(NC(=O)Cn2cc(-c3cc(F)c(O)c(C(N)=O)c3)c3c(=O)n4c(nc32)CCC4)c(Cl)c(F)n1. The third-order valence-electron chi connectivity index (χ3n) is 8.09. The molecule has 0 spiro atoms. The number of aryl methyl sites for hydroxylation is 1. The zero-order chi connectivity index (χ0) is 31.4. The van der Waals surface area contributed by atoms with Gasteiger partial charge in [-0.05, 0) is 38.1 Å². The maximum atomic E-state index is 14.8. The number of likely N-dealkylation sites (N-methyl/N-ethyl adjacent to an activating group) is 1. The quantitative estimate of drug-likeness (QED) is 0.276. The first-order valence-electron chi connectivity index (χ1n) is 14.0. The predicted octanol–water partition coefficient (Wildman–Crippen LogP) is 2.72. The highest BCUT2D eigenvalue weighted by molar-refractivity contribution is 6.33. The van der Waals surface area contributed by atoms with E-state index >= 15 is 0 Å². The first-order valence-corrected chi connectivity index (χ1v) is 14.4. The summed E-state index contributed by atoms with van der Waals surface area (Å²) in [6.07, 6.45) is 2.69. The van der Waals surface area contributed by atoms with Gasteiger partial charge in [0.1, 0.15) is 28.9 Å². The van der Waals surface area contributed by atoms with Crippen LogP contribution in [-0.2, 0) is 24.3 Å². The van der Waals surface area contributed by atoms with E-state index in [1.165, 1.54) is 27.5 Å². The van der Waals surface area contributed by atoms with Gasteiger partial charge in [0.05, 0.1) is 16.6 Å². The molecule has 2 amide bonds. The Morgan fingerprint density at radius 3 is 2.68 bits per heavy atom. The van der Waals surface area contributed by atoms with Crippen molar-refractivity contribution in [3.8, 4) is 16.9 Å². The molecule has 5 heterocycles. The second-order valence-corrected chi connectivity index (χ2v) is 11.5. The Kier molecular flexibility index (Phi) is 7.49. The highest BCUT2D eigenvalue weighted by Crippen LogP contribution is 2.34. The standard InChI is InChI=1S/C29H29ClF2N8O4/c1-14-11-37(2)6-7-39(14)21-10-19(24(30)26(32)35-21)34-22(41)13-38-12-17(15-8-16(27(33)43)25(42)18(31)9-15)23-28(38)36-20-4-3-5-40(20)29(23)44/h8-10,12,14,42H,3-7,11,13H2,1-2H3,(H2,33,43)(H,34,35,41). The number of aromatic hydroxyl groups is 1. The molecule has 4 N–H and O–H groups in total. The summed E-state index contributed by atoms with van der Waals surface area (Å²) in [6, 6.07) is 3.71. The van der Waals surface area contributed by atoms with E-state index in [0.29, 0.717) is 37.6 Å². The van der Waals surface area contributed by atoms with Crippen molar-refractivity contribution in [3.05, 3.63) is 62.9 Å². The number of nitrogens with two attached hydrogens (primary N) is 1. The Labute approximate surface area is 254 Å². The maximum Gasteiger partial charge on any atom is 0.263 e. The van der Waals surface area contributed by atoms with Gasteiger partial charge in [0.15, 0.2) is 11.6 Å². The maximum absolute atomic E-state index is 14.8. The van der Waals surface area contributed by atoms with Crippen molar-refractivity contribution in [1.82, 2.24) is 24.0 Å². The Bertz CT molecular complexity index is 1910. The van der Waals surface area contributed by atoms with Gasteiger partial charge in [-0.1, -0.05) is 11.6 Å². The van der Waals surface area contributed by atoms with Crippen LogP contribution in [0.15, 0.2) is 29.2 Å². The molecule has 1 atom stereocenters. The van der Waals surface area contributed by atoms with Gasteiger partial charge >= 0.3 is 0 Å². The summed E-state index contributed by atoms with van der Waals surface area (Å²) in [5, 5.41) is 12.4. The number of pyridine rings is 1. The fraction of sp³-hybridized carbons (Fsp3) is 0.345. The molecular formula is C29H29ClF2N8O4. The van der Waals surface area contributed by atoms with Gasteiger partial charge in [-0.25, -0.2) is 14.4 Å². The minimum atomic E-state index is -1.11. The average Bonchev–Trinajstić information content (AvgIpc) is 3.58. The summed E-state index contributed by atoms with van der Waals surface area (Å²) in [7, 11) is 2.00. The van der Waals surface area contributed by atoms with Crippen molar-refractivity contribution in [2.24, 2.45) is 5.73 Å². The Balaban J connectivity index is 1.38. The van der Waals surface area contributed by atoms with Gasteiger partial charge in [0, 0.05) is 56.5 Å². The molecule has 1 saturated heterocycles. The van der Waals surface area contributed by atoms with Crippen LogP contribution in [-0.4, -0.2) is 73.6 Å². The number of phenols is 1. The molecule has 12 nitrogen and oxygen atoms in total. The Morgan fingerprint density at radius 1 is 1.18 bits per heavy atom. The largest absolute Gasteiger partial charge is 0.504 e. The van der Waals surface area contributed by atoms with Gasteiger partial charge in [-0.2, -0.15) is 4.39 Å². The molecule has 0 radical (unpaired) electrons. The van der Waals surface area contributed by atoms with Crippen molar-refractivity contribution in [1.29, 1.82) is 0 Å². The molecule has 44 heavy (non-hydrogen) atoms. The molecular weight excluding hydrogens is 598 g/mol. The van der Waals surface area contributed by atoms with Crippen LogP contribution in [0.2, 0.25) is 5.02 Å². The molecule has 1 fully saturated rings. The van der Waals surface area contributed by atoms with E-state index in [1.807, 2.05) is 18.9 Å². The summed E-state index contributed by atoms with van der Waals surface area (Å²) < 4.78 is 32.4. The number of benzene rings is 1. The average molecular weight is 627 g/mol. The number of hydrogen-bond donors (Lipinski definition) is 3. The number of halogens is 3. The van der Waals surface area contributed by atoms with Gasteiger partial charge in [-0.15, -0.1) is 0 Å². The number of primary amides is 1. The van der Waals surface area contributed by atoms with E-state index < -0.39 is 40.5 Å². The van der Waals surface area contributed by atoms with Crippen molar-refractivity contribution in [3.63, 3.8) is 0 Å². The molecule has 0 aliphatic carbocycles. The molecule has 4 aromatic rings. The number of hydrogen-bond acceptors (Lipinski definition) is 8. The molecule has 3 aromatic heterocycles. The van der Waals surface area contributed by atoms with Crippen LogP contribution >= 0.6 is 11.6 Å². The van der Waals surface area contributed by atoms with E-state index in [0.717, 1.165) is 19.2 Å². The number of aromatic nitrogens is 4. The second kappa shape index (κ2) is 11.2. The zero-order valence-corrected chi connectivity index (χ0v) is 24.7. The number of fused-ring (bicyclic) bond motifs is 2. The van der Waals surface area contributed by atoms with E-state index in [4.69, 9.17) is 17.3 Å². The minimum absolute atomic E-state index is 0.0302. The van der Waals surface area contributed by atoms with Crippen LogP contribution in [0.25, 0.3) is 22.2 Å². The highest BCUT2D eigenvalue weighted by atomic mass is 35.5. The van der Waals surface area contributed by atoms with Crippen molar-refractivity contribution < 1.29 is 23.5 Å². The highest BCUT2D eigenvalue weighted by Gasteiger charge is 2.27. The summed E-state index contributed by atoms with van der Waals surface area (Å²) >= 11 is 6.21. The van der Waals surface area contributed by atoms with E-state index in [9.17, 15) is 28.3 Å². The van der Waals surface area contributed by atoms with Crippen molar-refractivity contribution in [2.75, 3.05) is 36.9 Å². The molecule has 1 unspecified atom stereocenters. The van der Waals surface area contributed by atoms with E-state index in [2.05, 4.69) is 20.2 Å². The number of amides is 2. The van der Waals surface area contributed by atoms with Crippen LogP contribution in [0.5, 0.6) is 5.75 Å². The normalized spacial score (nSPS) is 16.8. The Hall–Kier alpha value is -4.56. The lowest BCUT2D eigenvalue weighted by Gasteiger charge is -2.39. The third-order valence-corrected chi connectivity index (χ3v) is 8.45. The lowest BCUT2D eigenvalue weighted by molar-refractivity contribution is -0.116. The molecule has 6 rings (SSSR count). The van der Waals surface area contributed by atoms with Crippen LogP contribution in [0.4, 0.5) is 20.3 Å². The number of nitrogens with one attached hydrogen (secondary N) is 1. The number of rotatable bonds is 6. The lowest BCUT2D eigenvalue weighted by Crippen LogP contribution is -2.50. The first kappa shape index (κ1) is 29.5. The van der Waals surface area contributed by atoms with Crippen LogP contribution in [0.1, 0.15) is 29.5 Å². The smallest absolute Gasteiger partial charge is 0.263 e. The number of carbonyl (C=O) groups is 2. The molecule has 0 saturated carbocycles. The third kappa shape index (κ3) is 5.13. The molecule has 2 aliphatic heterocycles. The fourth-order valence-electron chi connectivity index (χ4n) is 5.96. The summed E-state index contributed by atoms with van der Waals surface area (Å²) in [6.45, 7) is 4.19. The monoisotopic (exact) mass is 626 g/mol. The number of carbonyl (C=O) groups excluding carboxylic acids is 2. The topological polar surface area (TPSA) is 152 Å². The lowest BCUT2D eigenvalue weighted by atomic mass is 10.0. The molecule has 15 heteroatoms. The molecule has 2 aliphatic rings. The van der Waals surface area contributed by atoms with Crippen LogP contribution < -0.4 is 21.5 Å². The van der Waals surface area contributed by atoms with Gasteiger partial charge < -0.3 is 30.5 Å². The zero-order valence-electron chi connectivity index (χ0n) is 23.9. The Morgan fingerprint density at radius 2 is 1.95 bits per heavy atom.